The normalized spacial score (nSPS) is 15.5. The van der Waals surface area contributed by atoms with Gasteiger partial charge in [-0.3, -0.25) is 4.79 Å². The van der Waals surface area contributed by atoms with Crippen LogP contribution in [0.25, 0.3) is 0 Å². The van der Waals surface area contributed by atoms with Gasteiger partial charge in [0.25, 0.3) is 0 Å². The number of anilines is 1. The van der Waals surface area contributed by atoms with Crippen molar-refractivity contribution >= 4 is 11.6 Å². The lowest BCUT2D eigenvalue weighted by Crippen LogP contribution is -2.28. The van der Waals surface area contributed by atoms with Gasteiger partial charge in [0.15, 0.2) is 0 Å². The summed E-state index contributed by atoms with van der Waals surface area (Å²) in [5.41, 5.74) is 2.80. The fourth-order valence-electron chi connectivity index (χ4n) is 2.76. The van der Waals surface area contributed by atoms with E-state index in [2.05, 4.69) is 10.6 Å². The number of amides is 1. The van der Waals surface area contributed by atoms with E-state index in [1.54, 1.807) is 0 Å². The first-order valence-corrected chi connectivity index (χ1v) is 7.36. The van der Waals surface area contributed by atoms with Crippen LogP contribution in [0.4, 0.5) is 5.69 Å². The van der Waals surface area contributed by atoms with Crippen molar-refractivity contribution in [3.05, 3.63) is 65.7 Å². The van der Waals surface area contributed by atoms with E-state index in [4.69, 9.17) is 0 Å². The van der Waals surface area contributed by atoms with Gasteiger partial charge in [0.05, 0.1) is 5.41 Å². The highest BCUT2D eigenvalue weighted by Crippen LogP contribution is 2.49. The van der Waals surface area contributed by atoms with Crippen LogP contribution in [0.3, 0.4) is 0 Å². The average Bonchev–Trinajstić information content (AvgIpc) is 3.32. The molecule has 3 rings (SSSR count). The number of nitrogens with one attached hydrogen (secondary N) is 2. The standard InChI is InChI=1S/C18H20N2O/c1-19-13-14-7-5-6-10-16(14)20-17(21)18(11-12-18)15-8-3-2-4-9-15/h2-10,19H,11-13H2,1H3,(H,20,21). The summed E-state index contributed by atoms with van der Waals surface area (Å²) in [5.74, 6) is 0.109. The predicted molar refractivity (Wildman–Crippen MR) is 85.2 cm³/mol. The Hall–Kier alpha value is -2.13. The third-order valence-corrected chi connectivity index (χ3v) is 4.14. The first kappa shape index (κ1) is 13.8. The first-order valence-electron chi connectivity index (χ1n) is 7.36. The van der Waals surface area contributed by atoms with Crippen molar-refractivity contribution < 1.29 is 4.79 Å². The number of rotatable bonds is 5. The quantitative estimate of drug-likeness (QED) is 0.883. The fourth-order valence-corrected chi connectivity index (χ4v) is 2.76. The Morgan fingerprint density at radius 2 is 1.71 bits per heavy atom. The maximum atomic E-state index is 12.7. The minimum absolute atomic E-state index is 0.109. The molecule has 0 spiro atoms. The number of carbonyl (C=O) groups is 1. The van der Waals surface area contributed by atoms with Crippen LogP contribution in [-0.2, 0) is 16.8 Å². The molecule has 2 N–H and O–H groups in total. The monoisotopic (exact) mass is 280 g/mol. The number of para-hydroxylation sites is 1. The van der Waals surface area contributed by atoms with Crippen LogP contribution in [0.2, 0.25) is 0 Å². The van der Waals surface area contributed by atoms with E-state index in [9.17, 15) is 4.79 Å². The van der Waals surface area contributed by atoms with Crippen molar-refractivity contribution in [2.75, 3.05) is 12.4 Å². The molecule has 3 nitrogen and oxygen atoms in total. The van der Waals surface area contributed by atoms with Crippen LogP contribution in [0, 0.1) is 0 Å². The predicted octanol–water partition coefficient (Wildman–Crippen LogP) is 3.08. The Balaban J connectivity index is 1.81. The lowest BCUT2D eigenvalue weighted by Gasteiger charge is -2.17. The van der Waals surface area contributed by atoms with E-state index in [0.29, 0.717) is 0 Å². The van der Waals surface area contributed by atoms with Crippen LogP contribution < -0.4 is 10.6 Å². The molecule has 0 atom stereocenters. The van der Waals surface area contributed by atoms with Crippen LogP contribution in [-0.4, -0.2) is 13.0 Å². The number of hydrogen-bond acceptors (Lipinski definition) is 2. The van der Waals surface area contributed by atoms with Crippen molar-refractivity contribution in [3.8, 4) is 0 Å². The van der Waals surface area contributed by atoms with Gasteiger partial charge in [0.1, 0.15) is 0 Å². The van der Waals surface area contributed by atoms with E-state index in [-0.39, 0.29) is 11.3 Å². The third-order valence-electron chi connectivity index (χ3n) is 4.14. The molecule has 0 aromatic heterocycles. The molecule has 1 fully saturated rings. The van der Waals surface area contributed by atoms with Crippen LogP contribution in [0.15, 0.2) is 54.6 Å². The molecule has 21 heavy (non-hydrogen) atoms. The summed E-state index contributed by atoms with van der Waals surface area (Å²) >= 11 is 0. The summed E-state index contributed by atoms with van der Waals surface area (Å²) in [5, 5.41) is 6.25. The van der Waals surface area contributed by atoms with Gasteiger partial charge in [0.2, 0.25) is 5.91 Å². The van der Waals surface area contributed by atoms with Gasteiger partial charge in [-0.25, -0.2) is 0 Å². The van der Waals surface area contributed by atoms with E-state index < -0.39 is 0 Å². The molecule has 0 aliphatic heterocycles. The number of carbonyl (C=O) groups excluding carboxylic acids is 1. The molecule has 0 radical (unpaired) electrons. The van der Waals surface area contributed by atoms with E-state index >= 15 is 0 Å². The summed E-state index contributed by atoms with van der Waals surface area (Å²) < 4.78 is 0. The average molecular weight is 280 g/mol. The molecule has 108 valence electrons. The zero-order valence-electron chi connectivity index (χ0n) is 12.2. The van der Waals surface area contributed by atoms with Crippen LogP contribution >= 0.6 is 0 Å². The molecule has 0 unspecified atom stereocenters. The Morgan fingerprint density at radius 3 is 2.38 bits per heavy atom. The lowest BCUT2D eigenvalue weighted by atomic mass is 9.95. The Bertz CT molecular complexity index is 633. The summed E-state index contributed by atoms with van der Waals surface area (Å²) in [6, 6.07) is 18.0. The molecule has 0 saturated heterocycles. The molecule has 2 aromatic rings. The largest absolute Gasteiger partial charge is 0.325 e. The topological polar surface area (TPSA) is 41.1 Å². The SMILES string of the molecule is CNCc1ccccc1NC(=O)C1(c2ccccc2)CC1. The van der Waals surface area contributed by atoms with Gasteiger partial charge in [-0.05, 0) is 37.1 Å². The maximum Gasteiger partial charge on any atom is 0.235 e. The zero-order valence-corrected chi connectivity index (χ0v) is 12.2. The molecule has 2 aromatic carbocycles. The van der Waals surface area contributed by atoms with Crippen molar-refractivity contribution in [3.63, 3.8) is 0 Å². The smallest absolute Gasteiger partial charge is 0.235 e. The van der Waals surface area contributed by atoms with Crippen molar-refractivity contribution in [2.24, 2.45) is 0 Å². The van der Waals surface area contributed by atoms with Gasteiger partial charge in [-0.2, -0.15) is 0 Å². The third kappa shape index (κ3) is 2.69. The Morgan fingerprint density at radius 1 is 1.05 bits per heavy atom. The van der Waals surface area contributed by atoms with E-state index in [1.807, 2.05) is 61.6 Å². The highest BCUT2D eigenvalue weighted by molar-refractivity contribution is 6.01. The van der Waals surface area contributed by atoms with Crippen LogP contribution in [0.5, 0.6) is 0 Å². The second-order valence-corrected chi connectivity index (χ2v) is 5.59. The minimum atomic E-state index is -0.325. The fraction of sp³-hybridized carbons (Fsp3) is 0.278. The molecule has 1 aliphatic carbocycles. The molecule has 1 saturated carbocycles. The lowest BCUT2D eigenvalue weighted by molar-refractivity contribution is -0.118. The van der Waals surface area contributed by atoms with Crippen molar-refractivity contribution in [1.29, 1.82) is 0 Å². The summed E-state index contributed by atoms with van der Waals surface area (Å²) in [6.07, 6.45) is 1.86. The van der Waals surface area contributed by atoms with Gasteiger partial charge < -0.3 is 10.6 Å². The van der Waals surface area contributed by atoms with Gasteiger partial charge in [-0.15, -0.1) is 0 Å². The zero-order chi connectivity index (χ0) is 14.7. The maximum absolute atomic E-state index is 12.7. The molecule has 0 heterocycles. The molecular formula is C18H20N2O. The van der Waals surface area contributed by atoms with E-state index in [1.165, 1.54) is 0 Å². The minimum Gasteiger partial charge on any atom is -0.325 e. The van der Waals surface area contributed by atoms with Crippen molar-refractivity contribution in [1.82, 2.24) is 5.32 Å². The summed E-state index contributed by atoms with van der Waals surface area (Å²) in [4.78, 5) is 12.7. The number of benzene rings is 2. The Kier molecular flexibility index (Phi) is 3.76. The molecule has 1 amide bonds. The highest BCUT2D eigenvalue weighted by Gasteiger charge is 2.51. The molecule has 3 heteroatoms. The second-order valence-electron chi connectivity index (χ2n) is 5.59. The molecular weight excluding hydrogens is 260 g/mol. The summed E-state index contributed by atoms with van der Waals surface area (Å²) in [7, 11) is 1.91. The van der Waals surface area contributed by atoms with Gasteiger partial charge >= 0.3 is 0 Å². The first-order chi connectivity index (χ1) is 10.3. The molecule has 0 bridgehead atoms. The van der Waals surface area contributed by atoms with Gasteiger partial charge in [0, 0.05) is 12.2 Å². The highest BCUT2D eigenvalue weighted by atomic mass is 16.2. The van der Waals surface area contributed by atoms with Crippen LogP contribution in [0.1, 0.15) is 24.0 Å². The van der Waals surface area contributed by atoms with Gasteiger partial charge in [-0.1, -0.05) is 48.5 Å². The molecule has 1 aliphatic rings. The number of hydrogen-bond donors (Lipinski definition) is 2. The second kappa shape index (κ2) is 5.70. The van der Waals surface area contributed by atoms with E-state index in [0.717, 1.165) is 36.2 Å². The van der Waals surface area contributed by atoms with Crippen molar-refractivity contribution in [2.45, 2.75) is 24.8 Å². The Labute approximate surface area is 125 Å². The summed E-state index contributed by atoms with van der Waals surface area (Å²) in [6.45, 7) is 0.745.